The lowest BCUT2D eigenvalue weighted by Gasteiger charge is -2.35. The molecule has 3 aliphatic rings. The molecule has 4 heterocycles. The second kappa shape index (κ2) is 6.93. The summed E-state index contributed by atoms with van der Waals surface area (Å²) in [5, 5.41) is 0.427. The second-order valence-electron chi connectivity index (χ2n) is 8.17. The largest absolute Gasteiger partial charge is 0.461 e. The summed E-state index contributed by atoms with van der Waals surface area (Å²) in [6.07, 6.45) is 5.17. The maximum atomic E-state index is 13.7. The van der Waals surface area contributed by atoms with E-state index in [9.17, 15) is 14.4 Å². The highest BCUT2D eigenvalue weighted by Gasteiger charge is 2.64. The van der Waals surface area contributed by atoms with Crippen molar-refractivity contribution in [1.29, 1.82) is 0 Å². The van der Waals surface area contributed by atoms with Gasteiger partial charge in [0.25, 0.3) is 0 Å². The van der Waals surface area contributed by atoms with E-state index < -0.39 is 29.8 Å². The Morgan fingerprint density at radius 2 is 1.75 bits per heavy atom. The summed E-state index contributed by atoms with van der Waals surface area (Å²) in [7, 11) is 0. The highest BCUT2D eigenvalue weighted by atomic mass is 35.5. The zero-order valence-electron chi connectivity index (χ0n) is 16.7. The minimum atomic E-state index is -0.846. The maximum Gasteiger partial charge on any atom is 0.240 e. The highest BCUT2D eigenvalue weighted by Crippen LogP contribution is 2.53. The van der Waals surface area contributed by atoms with E-state index in [2.05, 4.69) is 0 Å². The minimum absolute atomic E-state index is 0.170. The van der Waals surface area contributed by atoms with Crippen LogP contribution in [0.15, 0.2) is 77.5 Å². The number of nitrogens with zero attached hydrogens (tertiary/aromatic N) is 2. The van der Waals surface area contributed by atoms with Crippen LogP contribution in [0.5, 0.6) is 0 Å². The number of amides is 2. The molecule has 2 aromatic carbocycles. The summed E-state index contributed by atoms with van der Waals surface area (Å²) >= 11 is 6.13. The molecule has 2 saturated heterocycles. The molecule has 7 heteroatoms. The normalized spacial score (nSPS) is 25.7. The predicted molar refractivity (Wildman–Crippen MR) is 118 cm³/mol. The van der Waals surface area contributed by atoms with Crippen LogP contribution in [-0.4, -0.2) is 28.5 Å². The molecule has 2 amide bonds. The highest BCUT2D eigenvalue weighted by molar-refractivity contribution is 6.31. The number of carbonyl (C=O) groups excluding carboxylic acids is 3. The van der Waals surface area contributed by atoms with Crippen molar-refractivity contribution in [3.8, 4) is 0 Å². The van der Waals surface area contributed by atoms with Crippen molar-refractivity contribution >= 4 is 41.0 Å². The molecule has 0 bridgehead atoms. The lowest BCUT2D eigenvalue weighted by atomic mass is 9.84. The number of hydrogen-bond donors (Lipinski definition) is 0. The Morgan fingerprint density at radius 1 is 0.938 bits per heavy atom. The van der Waals surface area contributed by atoms with Crippen LogP contribution in [0.2, 0.25) is 5.02 Å². The number of rotatable bonds is 3. The van der Waals surface area contributed by atoms with Crippen LogP contribution in [0.25, 0.3) is 6.08 Å². The zero-order chi connectivity index (χ0) is 22.0. The molecule has 0 radical (unpaired) electrons. The van der Waals surface area contributed by atoms with Gasteiger partial charge in [0.05, 0.1) is 29.8 Å². The number of carbonyl (C=O) groups is 3. The number of imide groups is 1. The standard InChI is InChI=1S/C25H17ClN2O4/c26-15-6-3-7-16(13-15)28-24(30)19-20(25(28)31)22(23(29)18-9-4-12-32-18)27-11-10-14-5-1-2-8-17(14)21(19)27/h1-13,19-22H. The average molecular weight is 445 g/mol. The maximum absolute atomic E-state index is 13.7. The Kier molecular flexibility index (Phi) is 4.13. The summed E-state index contributed by atoms with van der Waals surface area (Å²) in [6.45, 7) is 0. The van der Waals surface area contributed by atoms with E-state index in [0.717, 1.165) is 11.1 Å². The number of anilines is 1. The molecule has 32 heavy (non-hydrogen) atoms. The zero-order valence-corrected chi connectivity index (χ0v) is 17.5. The summed E-state index contributed by atoms with van der Waals surface area (Å²) in [6, 6.07) is 16.4. The quantitative estimate of drug-likeness (QED) is 0.444. The molecule has 1 aromatic heterocycles. The molecule has 2 fully saturated rings. The van der Waals surface area contributed by atoms with Crippen molar-refractivity contribution in [3.05, 3.63) is 95.0 Å². The van der Waals surface area contributed by atoms with Crippen LogP contribution >= 0.6 is 11.6 Å². The first-order chi connectivity index (χ1) is 15.6. The number of furan rings is 1. The SMILES string of the molecule is O=C(c1ccco1)C1C2C(=O)N(c3cccc(Cl)c3)C(=O)C2C2c3ccccc3C=CN12. The van der Waals surface area contributed by atoms with Crippen molar-refractivity contribution in [2.45, 2.75) is 12.1 Å². The Balaban J connectivity index is 1.51. The number of halogens is 1. The fourth-order valence-electron chi connectivity index (χ4n) is 5.29. The Morgan fingerprint density at radius 3 is 2.53 bits per heavy atom. The fraction of sp³-hybridized carbons (Fsp3) is 0.160. The van der Waals surface area contributed by atoms with Crippen molar-refractivity contribution in [3.63, 3.8) is 0 Å². The fourth-order valence-corrected chi connectivity index (χ4v) is 5.48. The van der Waals surface area contributed by atoms with Crippen LogP contribution < -0.4 is 4.90 Å². The van der Waals surface area contributed by atoms with E-state index in [-0.39, 0.29) is 17.5 Å². The van der Waals surface area contributed by atoms with E-state index in [1.54, 1.807) is 36.4 Å². The molecule has 3 aromatic rings. The molecule has 6 rings (SSSR count). The second-order valence-corrected chi connectivity index (χ2v) is 8.60. The van der Waals surface area contributed by atoms with Gasteiger partial charge in [-0.1, -0.05) is 41.9 Å². The van der Waals surface area contributed by atoms with Crippen molar-refractivity contribution in [2.24, 2.45) is 11.8 Å². The summed E-state index contributed by atoms with van der Waals surface area (Å²) in [4.78, 5) is 43.9. The number of benzene rings is 2. The monoisotopic (exact) mass is 444 g/mol. The molecule has 158 valence electrons. The van der Waals surface area contributed by atoms with Gasteiger partial charge >= 0.3 is 0 Å². The van der Waals surface area contributed by atoms with E-state index in [1.807, 2.05) is 41.4 Å². The van der Waals surface area contributed by atoms with Gasteiger partial charge in [-0.3, -0.25) is 14.4 Å². The van der Waals surface area contributed by atoms with Crippen LogP contribution in [-0.2, 0) is 9.59 Å². The lowest BCUT2D eigenvalue weighted by molar-refractivity contribution is -0.123. The van der Waals surface area contributed by atoms with Crippen LogP contribution in [0.3, 0.4) is 0 Å². The Hall–Kier alpha value is -3.64. The topological polar surface area (TPSA) is 70.8 Å². The lowest BCUT2D eigenvalue weighted by Crippen LogP contribution is -2.44. The van der Waals surface area contributed by atoms with Crippen LogP contribution in [0.4, 0.5) is 5.69 Å². The van der Waals surface area contributed by atoms with Gasteiger partial charge in [-0.15, -0.1) is 0 Å². The Labute approximate surface area is 188 Å². The first-order valence-corrected chi connectivity index (χ1v) is 10.7. The smallest absolute Gasteiger partial charge is 0.240 e. The number of fused-ring (bicyclic) bond motifs is 5. The molecule has 0 N–H and O–H groups in total. The third kappa shape index (κ3) is 2.56. The van der Waals surface area contributed by atoms with E-state index in [4.69, 9.17) is 16.0 Å². The predicted octanol–water partition coefficient (Wildman–Crippen LogP) is 4.33. The summed E-state index contributed by atoms with van der Waals surface area (Å²) < 4.78 is 5.37. The van der Waals surface area contributed by atoms with Gasteiger partial charge in [0, 0.05) is 11.2 Å². The molecule has 3 aliphatic heterocycles. The van der Waals surface area contributed by atoms with E-state index >= 15 is 0 Å². The van der Waals surface area contributed by atoms with Gasteiger partial charge in [0.2, 0.25) is 17.6 Å². The summed E-state index contributed by atoms with van der Waals surface area (Å²) in [5.74, 6) is -2.39. The average Bonchev–Trinajstić information content (AvgIpc) is 3.50. The number of ketones is 1. The van der Waals surface area contributed by atoms with Gasteiger partial charge in [-0.2, -0.15) is 0 Å². The van der Waals surface area contributed by atoms with E-state index in [0.29, 0.717) is 10.7 Å². The van der Waals surface area contributed by atoms with Crippen molar-refractivity contribution in [1.82, 2.24) is 4.90 Å². The first-order valence-electron chi connectivity index (χ1n) is 10.3. The third-order valence-electron chi connectivity index (χ3n) is 6.56. The van der Waals surface area contributed by atoms with Gasteiger partial charge < -0.3 is 9.32 Å². The van der Waals surface area contributed by atoms with Crippen LogP contribution in [0.1, 0.15) is 27.7 Å². The van der Waals surface area contributed by atoms with Gasteiger partial charge in [0.1, 0.15) is 6.04 Å². The minimum Gasteiger partial charge on any atom is -0.461 e. The van der Waals surface area contributed by atoms with Crippen LogP contribution in [0, 0.1) is 11.8 Å². The molecular formula is C25H17ClN2O4. The molecule has 0 aliphatic carbocycles. The molecule has 0 spiro atoms. The number of Topliss-reactive ketones (excluding diaryl/α,β-unsaturated/α-hetero) is 1. The molecule has 4 unspecified atom stereocenters. The van der Waals surface area contributed by atoms with Crippen molar-refractivity contribution in [2.75, 3.05) is 4.90 Å². The Bertz CT molecular complexity index is 1300. The molecule has 0 saturated carbocycles. The third-order valence-corrected chi connectivity index (χ3v) is 6.80. The molecule has 6 nitrogen and oxygen atoms in total. The first kappa shape index (κ1) is 19.1. The van der Waals surface area contributed by atoms with Gasteiger partial charge in [-0.25, -0.2) is 4.90 Å². The summed E-state index contributed by atoms with van der Waals surface area (Å²) in [5.41, 5.74) is 2.31. The van der Waals surface area contributed by atoms with Gasteiger partial charge in [0.15, 0.2) is 5.76 Å². The molecular weight excluding hydrogens is 428 g/mol. The van der Waals surface area contributed by atoms with Gasteiger partial charge in [-0.05, 0) is 47.5 Å². The van der Waals surface area contributed by atoms with E-state index in [1.165, 1.54) is 11.2 Å². The number of hydrogen-bond acceptors (Lipinski definition) is 5. The molecule has 4 atom stereocenters. The van der Waals surface area contributed by atoms with Crippen molar-refractivity contribution < 1.29 is 18.8 Å².